The number of aromatic carboxylic acids is 1. The van der Waals surface area contributed by atoms with E-state index in [4.69, 9.17) is 5.11 Å². The number of rotatable bonds is 4. The minimum absolute atomic E-state index is 0.0479. The summed E-state index contributed by atoms with van der Waals surface area (Å²) in [5.41, 5.74) is 1.05. The lowest BCUT2D eigenvalue weighted by Crippen LogP contribution is -2.12. The molecule has 0 aliphatic rings. The van der Waals surface area contributed by atoms with Crippen LogP contribution in [0.15, 0.2) is 34.1 Å². The molecule has 8 heteroatoms. The van der Waals surface area contributed by atoms with Gasteiger partial charge in [0.15, 0.2) is 0 Å². The minimum atomic E-state index is -3.78. The van der Waals surface area contributed by atoms with E-state index in [0.717, 1.165) is 23.0 Å². The van der Waals surface area contributed by atoms with Crippen molar-refractivity contribution in [2.24, 2.45) is 0 Å². The third-order valence-corrected chi connectivity index (χ3v) is 5.18. The number of aryl methyl sites for hydroxylation is 1. The lowest BCUT2D eigenvalue weighted by Gasteiger charge is -2.07. The van der Waals surface area contributed by atoms with E-state index in [0.29, 0.717) is 5.69 Å². The van der Waals surface area contributed by atoms with E-state index >= 15 is 0 Å². The number of nitrogens with one attached hydrogen (secondary N) is 1. The van der Waals surface area contributed by atoms with E-state index in [1.54, 1.807) is 19.2 Å². The molecule has 2 aromatic heterocycles. The lowest BCUT2D eigenvalue weighted by atomic mass is 10.3. The van der Waals surface area contributed by atoms with Gasteiger partial charge in [0.25, 0.3) is 10.0 Å². The standard InChI is InChI=1S/C11H10N2O4S2/c1-7-2-3-12-5-9(7)13-19(16,17)10-4-8(6-18-10)11(14)15/h2-6,13H,1H3,(H,14,15). The van der Waals surface area contributed by atoms with Crippen molar-refractivity contribution in [2.45, 2.75) is 11.1 Å². The molecule has 2 N–H and O–H groups in total. The molecule has 0 spiro atoms. The van der Waals surface area contributed by atoms with Crippen LogP contribution in [0.2, 0.25) is 0 Å². The van der Waals surface area contributed by atoms with Crippen molar-refractivity contribution in [3.63, 3.8) is 0 Å². The van der Waals surface area contributed by atoms with Crippen molar-refractivity contribution in [3.8, 4) is 0 Å². The zero-order valence-electron chi connectivity index (χ0n) is 9.82. The van der Waals surface area contributed by atoms with Gasteiger partial charge in [0.1, 0.15) is 4.21 Å². The molecule has 0 fully saturated rings. The number of carboxylic acids is 1. The van der Waals surface area contributed by atoms with Gasteiger partial charge in [-0.1, -0.05) is 0 Å². The van der Waals surface area contributed by atoms with Gasteiger partial charge in [0.05, 0.1) is 17.4 Å². The van der Waals surface area contributed by atoms with Gasteiger partial charge in [-0.05, 0) is 24.6 Å². The summed E-state index contributed by atoms with van der Waals surface area (Å²) in [6, 6.07) is 2.80. The van der Waals surface area contributed by atoms with Gasteiger partial charge in [0, 0.05) is 11.6 Å². The number of sulfonamides is 1. The zero-order valence-corrected chi connectivity index (χ0v) is 11.5. The van der Waals surface area contributed by atoms with Crippen molar-refractivity contribution in [2.75, 3.05) is 4.72 Å². The van der Waals surface area contributed by atoms with Gasteiger partial charge in [0.2, 0.25) is 0 Å². The van der Waals surface area contributed by atoms with Gasteiger partial charge < -0.3 is 5.11 Å². The quantitative estimate of drug-likeness (QED) is 0.899. The van der Waals surface area contributed by atoms with E-state index in [2.05, 4.69) is 9.71 Å². The molecule has 2 heterocycles. The molecule has 6 nitrogen and oxygen atoms in total. The summed E-state index contributed by atoms with van der Waals surface area (Å²) in [6.45, 7) is 1.75. The van der Waals surface area contributed by atoms with Gasteiger partial charge in [-0.15, -0.1) is 11.3 Å². The molecule has 19 heavy (non-hydrogen) atoms. The molecule has 0 aromatic carbocycles. The molecular formula is C11H10N2O4S2. The molecule has 0 aliphatic carbocycles. The lowest BCUT2D eigenvalue weighted by molar-refractivity contribution is 0.0697. The van der Waals surface area contributed by atoms with Crippen LogP contribution in [-0.2, 0) is 10.0 Å². The van der Waals surface area contributed by atoms with Gasteiger partial charge >= 0.3 is 5.97 Å². The number of hydrogen-bond acceptors (Lipinski definition) is 5. The van der Waals surface area contributed by atoms with Gasteiger partial charge in [-0.25, -0.2) is 13.2 Å². The summed E-state index contributed by atoms with van der Waals surface area (Å²) >= 11 is 0.858. The maximum absolute atomic E-state index is 12.1. The zero-order chi connectivity index (χ0) is 14.0. The highest BCUT2D eigenvalue weighted by Gasteiger charge is 2.19. The van der Waals surface area contributed by atoms with Crippen LogP contribution in [0.4, 0.5) is 5.69 Å². The van der Waals surface area contributed by atoms with E-state index < -0.39 is 16.0 Å². The number of pyridine rings is 1. The molecule has 2 aromatic rings. The Bertz CT molecular complexity index is 722. The Morgan fingerprint density at radius 3 is 2.79 bits per heavy atom. The largest absolute Gasteiger partial charge is 0.478 e. The van der Waals surface area contributed by atoms with Crippen LogP contribution in [0.1, 0.15) is 15.9 Å². The smallest absolute Gasteiger partial charge is 0.336 e. The number of anilines is 1. The van der Waals surface area contributed by atoms with Crippen LogP contribution in [0.5, 0.6) is 0 Å². The second-order valence-electron chi connectivity index (χ2n) is 3.76. The molecule has 0 aliphatic heterocycles. The summed E-state index contributed by atoms with van der Waals surface area (Å²) < 4.78 is 26.5. The average molecular weight is 298 g/mol. The second-order valence-corrected chi connectivity index (χ2v) is 6.58. The van der Waals surface area contributed by atoms with Gasteiger partial charge in [-0.2, -0.15) is 0 Å². The SMILES string of the molecule is Cc1ccncc1NS(=O)(=O)c1cc(C(=O)O)cs1. The fourth-order valence-electron chi connectivity index (χ4n) is 1.34. The second kappa shape index (κ2) is 4.98. The average Bonchev–Trinajstić information content (AvgIpc) is 2.82. The van der Waals surface area contributed by atoms with Crippen LogP contribution in [0.25, 0.3) is 0 Å². The Labute approximate surface area is 113 Å². The third kappa shape index (κ3) is 2.91. The molecule has 100 valence electrons. The fourth-order valence-corrected chi connectivity index (χ4v) is 3.60. The molecule has 2 rings (SSSR count). The first kappa shape index (κ1) is 13.5. The summed E-state index contributed by atoms with van der Waals surface area (Å²) in [6.07, 6.45) is 2.96. The molecule has 0 saturated carbocycles. The highest BCUT2D eigenvalue weighted by Crippen LogP contribution is 2.24. The van der Waals surface area contributed by atoms with E-state index in [1.807, 2.05) is 0 Å². The van der Waals surface area contributed by atoms with Crippen molar-refractivity contribution in [3.05, 3.63) is 41.0 Å². The molecule has 0 unspecified atom stereocenters. The summed E-state index contributed by atoms with van der Waals surface area (Å²) in [4.78, 5) is 14.6. The first-order valence-corrected chi connectivity index (χ1v) is 7.52. The van der Waals surface area contributed by atoms with Crippen LogP contribution < -0.4 is 4.72 Å². The van der Waals surface area contributed by atoms with Crippen LogP contribution in [0.3, 0.4) is 0 Å². The van der Waals surface area contributed by atoms with Crippen LogP contribution in [-0.4, -0.2) is 24.5 Å². The Balaban J connectivity index is 2.32. The topological polar surface area (TPSA) is 96.4 Å². The Morgan fingerprint density at radius 2 is 2.21 bits per heavy atom. The number of carboxylic acid groups (broad SMARTS) is 1. The number of nitrogens with zero attached hydrogens (tertiary/aromatic N) is 1. The molecule has 0 saturated heterocycles. The summed E-state index contributed by atoms with van der Waals surface area (Å²) in [7, 11) is -3.78. The molecule has 0 amide bonds. The van der Waals surface area contributed by atoms with Crippen molar-refractivity contribution < 1.29 is 18.3 Å². The summed E-state index contributed by atoms with van der Waals surface area (Å²) in [5.74, 6) is -1.16. The third-order valence-electron chi connectivity index (χ3n) is 2.37. The monoisotopic (exact) mass is 298 g/mol. The highest BCUT2D eigenvalue weighted by molar-refractivity contribution is 7.94. The maximum atomic E-state index is 12.1. The minimum Gasteiger partial charge on any atom is -0.478 e. The number of thiophene rings is 1. The predicted molar refractivity (Wildman–Crippen MR) is 71.1 cm³/mol. The van der Waals surface area contributed by atoms with E-state index in [1.165, 1.54) is 11.6 Å². The molecular weight excluding hydrogens is 288 g/mol. The molecule has 0 atom stereocenters. The first-order valence-electron chi connectivity index (χ1n) is 5.15. The Hall–Kier alpha value is -1.93. The van der Waals surface area contributed by atoms with Crippen LogP contribution in [0, 0.1) is 6.92 Å². The van der Waals surface area contributed by atoms with Crippen molar-refractivity contribution >= 4 is 33.0 Å². The van der Waals surface area contributed by atoms with Crippen molar-refractivity contribution in [1.82, 2.24) is 4.98 Å². The number of aromatic nitrogens is 1. The van der Waals surface area contributed by atoms with E-state index in [-0.39, 0.29) is 9.77 Å². The molecule has 0 bridgehead atoms. The Kier molecular flexibility index (Phi) is 3.54. The first-order chi connectivity index (χ1) is 8.90. The summed E-state index contributed by atoms with van der Waals surface area (Å²) in [5, 5.41) is 10.1. The fraction of sp³-hybridized carbons (Fsp3) is 0.0909. The highest BCUT2D eigenvalue weighted by atomic mass is 32.2. The van der Waals surface area contributed by atoms with E-state index in [9.17, 15) is 13.2 Å². The van der Waals surface area contributed by atoms with Crippen molar-refractivity contribution in [1.29, 1.82) is 0 Å². The normalized spacial score (nSPS) is 11.2. The Morgan fingerprint density at radius 1 is 1.47 bits per heavy atom. The maximum Gasteiger partial charge on any atom is 0.336 e. The van der Waals surface area contributed by atoms with Crippen LogP contribution >= 0.6 is 11.3 Å². The predicted octanol–water partition coefficient (Wildman–Crippen LogP) is 1.95. The number of hydrogen-bond donors (Lipinski definition) is 2. The number of carbonyl (C=O) groups is 1. The molecule has 0 radical (unpaired) electrons. The van der Waals surface area contributed by atoms with Gasteiger partial charge in [-0.3, -0.25) is 9.71 Å².